The largest absolute Gasteiger partial charge is 0.490 e. The summed E-state index contributed by atoms with van der Waals surface area (Å²) in [4.78, 5) is 2.06. The second-order valence-electron chi connectivity index (χ2n) is 7.55. The third kappa shape index (κ3) is 4.65. The Morgan fingerprint density at radius 3 is 2.50 bits per heavy atom. The van der Waals surface area contributed by atoms with Gasteiger partial charge in [-0.05, 0) is 23.6 Å². The summed E-state index contributed by atoms with van der Waals surface area (Å²) < 4.78 is 30.7. The molecule has 160 valence electrons. The van der Waals surface area contributed by atoms with Crippen LogP contribution in [0, 0.1) is 0 Å². The van der Waals surface area contributed by atoms with Crippen LogP contribution in [0.3, 0.4) is 0 Å². The Morgan fingerprint density at radius 2 is 1.83 bits per heavy atom. The molecule has 4 rings (SSSR count). The number of nitrogens with zero attached hydrogens (tertiary/aromatic N) is 3. The summed E-state index contributed by atoms with van der Waals surface area (Å²) in [6, 6.07) is 13.8. The molecule has 0 radical (unpaired) electrons. The lowest BCUT2D eigenvalue weighted by molar-refractivity contribution is 0.0574. The van der Waals surface area contributed by atoms with Crippen molar-refractivity contribution >= 4 is 20.8 Å². The van der Waals surface area contributed by atoms with Gasteiger partial charge in [0.25, 0.3) is 0 Å². The van der Waals surface area contributed by atoms with Gasteiger partial charge in [0.05, 0.1) is 11.9 Å². The normalized spacial score (nSPS) is 17.3. The lowest BCUT2D eigenvalue weighted by atomic mass is 10.0. The number of hydrogen-bond donors (Lipinski definition) is 2. The van der Waals surface area contributed by atoms with E-state index in [-0.39, 0.29) is 6.61 Å². The number of sulfonamides is 1. The summed E-state index contributed by atoms with van der Waals surface area (Å²) in [5, 5.41) is 19.5. The third-order valence-corrected chi connectivity index (χ3v) is 6.68. The monoisotopic (exact) mass is 430 g/mol. The molecule has 8 nitrogen and oxygen atoms in total. The van der Waals surface area contributed by atoms with Crippen LogP contribution >= 0.6 is 0 Å². The third-order valence-electron chi connectivity index (χ3n) is 5.38. The van der Waals surface area contributed by atoms with Gasteiger partial charge in [0.15, 0.2) is 0 Å². The number of β-amino-alcohol motifs (C(OH)–C–C–N with tert-alkyl or cyclic N) is 1. The van der Waals surface area contributed by atoms with E-state index in [2.05, 4.69) is 15.1 Å². The molecule has 0 saturated carbocycles. The molecule has 2 heterocycles. The molecular formula is C21H26N4O4S. The van der Waals surface area contributed by atoms with E-state index in [0.29, 0.717) is 32.7 Å². The number of hydrogen-bond acceptors (Lipinski definition) is 6. The lowest BCUT2D eigenvalue weighted by Crippen LogP contribution is -2.50. The second-order valence-corrected chi connectivity index (χ2v) is 9.54. The highest BCUT2D eigenvalue weighted by atomic mass is 32.2. The number of aliphatic hydroxyl groups excluding tert-OH is 1. The Balaban J connectivity index is 1.39. The Morgan fingerprint density at radius 1 is 1.10 bits per heavy atom. The molecular weight excluding hydrogens is 404 g/mol. The summed E-state index contributed by atoms with van der Waals surface area (Å²) >= 11 is 0. The minimum atomic E-state index is -3.15. The summed E-state index contributed by atoms with van der Waals surface area (Å²) in [7, 11) is -3.15. The molecule has 0 bridgehead atoms. The van der Waals surface area contributed by atoms with Gasteiger partial charge < -0.3 is 9.84 Å². The molecule has 1 fully saturated rings. The zero-order chi connectivity index (χ0) is 21.1. The number of rotatable bonds is 7. The first-order valence-electron chi connectivity index (χ1n) is 9.91. The first-order valence-corrected chi connectivity index (χ1v) is 11.8. The van der Waals surface area contributed by atoms with Crippen molar-refractivity contribution in [2.75, 3.05) is 45.6 Å². The maximum Gasteiger partial charge on any atom is 0.211 e. The van der Waals surface area contributed by atoms with Gasteiger partial charge in [-0.3, -0.25) is 10.00 Å². The first kappa shape index (κ1) is 20.8. The van der Waals surface area contributed by atoms with Crippen molar-refractivity contribution in [3.05, 3.63) is 48.7 Å². The second kappa shape index (κ2) is 8.73. The van der Waals surface area contributed by atoms with Gasteiger partial charge in [0, 0.05) is 49.9 Å². The molecule has 1 unspecified atom stereocenters. The predicted octanol–water partition coefficient (Wildman–Crippen LogP) is 1.55. The molecule has 3 aromatic rings. The molecule has 0 amide bonds. The number of nitrogens with one attached hydrogen (secondary N) is 1. The Bertz CT molecular complexity index is 1090. The van der Waals surface area contributed by atoms with Gasteiger partial charge >= 0.3 is 0 Å². The van der Waals surface area contributed by atoms with Crippen molar-refractivity contribution < 1.29 is 18.3 Å². The predicted molar refractivity (Wildman–Crippen MR) is 116 cm³/mol. The van der Waals surface area contributed by atoms with Gasteiger partial charge in [-0.15, -0.1) is 0 Å². The number of aliphatic hydroxyl groups is 1. The molecule has 2 N–H and O–H groups in total. The van der Waals surface area contributed by atoms with Crippen molar-refractivity contribution in [3.63, 3.8) is 0 Å². The zero-order valence-electron chi connectivity index (χ0n) is 16.9. The number of aromatic nitrogens is 2. The van der Waals surface area contributed by atoms with Crippen molar-refractivity contribution in [2.45, 2.75) is 6.10 Å². The van der Waals surface area contributed by atoms with Crippen LogP contribution in [0.4, 0.5) is 0 Å². The van der Waals surface area contributed by atoms with Crippen LogP contribution in [0.25, 0.3) is 22.0 Å². The van der Waals surface area contributed by atoms with Crippen molar-refractivity contribution in [3.8, 4) is 17.0 Å². The van der Waals surface area contributed by atoms with Crippen LogP contribution < -0.4 is 4.74 Å². The van der Waals surface area contributed by atoms with Gasteiger partial charge in [-0.2, -0.15) is 9.40 Å². The lowest BCUT2D eigenvalue weighted by Gasteiger charge is -2.34. The fourth-order valence-corrected chi connectivity index (χ4v) is 4.65. The maximum atomic E-state index is 11.6. The van der Waals surface area contributed by atoms with Crippen LogP contribution in [-0.4, -0.2) is 84.6 Å². The minimum Gasteiger partial charge on any atom is -0.490 e. The van der Waals surface area contributed by atoms with Crippen molar-refractivity contribution in [1.82, 2.24) is 19.4 Å². The van der Waals surface area contributed by atoms with E-state index in [1.54, 1.807) is 6.20 Å². The van der Waals surface area contributed by atoms with Crippen LogP contribution in [-0.2, 0) is 10.0 Å². The number of ether oxygens (including phenoxy) is 1. The van der Waals surface area contributed by atoms with Crippen molar-refractivity contribution in [1.29, 1.82) is 0 Å². The molecule has 2 aromatic carbocycles. The Kier molecular flexibility index (Phi) is 6.05. The maximum absolute atomic E-state index is 11.6. The Labute approximate surface area is 176 Å². The molecule has 0 spiro atoms. The van der Waals surface area contributed by atoms with Gasteiger partial charge in [0.2, 0.25) is 10.0 Å². The minimum absolute atomic E-state index is 0.166. The standard InChI is InChI=1S/C21H26N4O4S/c1-30(27,28)25-12-10-24(11-13-25)14-16(26)15-29-21-7-6-18(20-8-9-22-23-20)17-4-2-3-5-19(17)21/h2-9,16,26H,10-15H2,1H3,(H,22,23). The fourth-order valence-electron chi connectivity index (χ4n) is 3.82. The van der Waals surface area contributed by atoms with Crippen LogP contribution in [0.15, 0.2) is 48.7 Å². The van der Waals surface area contributed by atoms with Gasteiger partial charge in [-0.1, -0.05) is 24.3 Å². The highest BCUT2D eigenvalue weighted by Crippen LogP contribution is 2.33. The van der Waals surface area contributed by atoms with Crippen molar-refractivity contribution in [2.24, 2.45) is 0 Å². The number of H-pyrrole nitrogens is 1. The molecule has 1 aromatic heterocycles. The van der Waals surface area contributed by atoms with Gasteiger partial charge in [-0.25, -0.2) is 8.42 Å². The highest BCUT2D eigenvalue weighted by molar-refractivity contribution is 7.88. The molecule has 1 aliphatic rings. The Hall–Kier alpha value is -2.46. The SMILES string of the molecule is CS(=O)(=O)N1CCN(CC(O)COc2ccc(-c3ccn[nH]3)c3ccccc23)CC1. The molecule has 1 atom stereocenters. The number of aromatic amines is 1. The topological polar surface area (TPSA) is 98.8 Å². The summed E-state index contributed by atoms with van der Waals surface area (Å²) in [5.41, 5.74) is 1.98. The average Bonchev–Trinajstić information content (AvgIpc) is 3.26. The fraction of sp³-hybridized carbons (Fsp3) is 0.381. The molecule has 30 heavy (non-hydrogen) atoms. The van der Waals surface area contributed by atoms with E-state index < -0.39 is 16.1 Å². The number of fused-ring (bicyclic) bond motifs is 1. The van der Waals surface area contributed by atoms with E-state index in [4.69, 9.17) is 4.74 Å². The highest BCUT2D eigenvalue weighted by Gasteiger charge is 2.24. The van der Waals surface area contributed by atoms with Crippen LogP contribution in [0.1, 0.15) is 0 Å². The zero-order valence-corrected chi connectivity index (χ0v) is 17.7. The molecule has 1 saturated heterocycles. The molecule has 1 aliphatic heterocycles. The number of benzene rings is 2. The summed E-state index contributed by atoms with van der Waals surface area (Å²) in [5.74, 6) is 0.717. The first-order chi connectivity index (χ1) is 14.4. The van der Waals surface area contributed by atoms with E-state index in [9.17, 15) is 13.5 Å². The summed E-state index contributed by atoms with van der Waals surface area (Å²) in [6.07, 6.45) is 2.29. The van der Waals surface area contributed by atoms with E-state index in [1.165, 1.54) is 10.6 Å². The summed E-state index contributed by atoms with van der Waals surface area (Å²) in [6.45, 7) is 2.72. The van der Waals surface area contributed by atoms with E-state index >= 15 is 0 Å². The average molecular weight is 431 g/mol. The molecule has 0 aliphatic carbocycles. The van der Waals surface area contributed by atoms with E-state index in [1.807, 2.05) is 42.5 Å². The smallest absolute Gasteiger partial charge is 0.211 e. The quantitative estimate of drug-likeness (QED) is 0.590. The number of piperazine rings is 1. The van der Waals surface area contributed by atoms with Crippen LogP contribution in [0.2, 0.25) is 0 Å². The van der Waals surface area contributed by atoms with Crippen LogP contribution in [0.5, 0.6) is 5.75 Å². The van der Waals surface area contributed by atoms with Gasteiger partial charge in [0.1, 0.15) is 18.5 Å². The molecule has 9 heteroatoms. The van der Waals surface area contributed by atoms with E-state index in [0.717, 1.165) is 27.8 Å².